The summed E-state index contributed by atoms with van der Waals surface area (Å²) in [5, 5.41) is 9.38. The second kappa shape index (κ2) is 4.56. The van der Waals surface area contributed by atoms with Crippen LogP contribution in [0.3, 0.4) is 0 Å². The summed E-state index contributed by atoms with van der Waals surface area (Å²) in [4.78, 5) is 0. The van der Waals surface area contributed by atoms with Crippen LogP contribution < -0.4 is 0 Å². The Kier molecular flexibility index (Phi) is 2.90. The van der Waals surface area contributed by atoms with Gasteiger partial charge in [0.15, 0.2) is 0 Å². The number of ether oxygens (including phenoxy) is 1. The van der Waals surface area contributed by atoms with Crippen LogP contribution in [0.4, 0.5) is 0 Å². The van der Waals surface area contributed by atoms with Crippen LogP contribution in [-0.4, -0.2) is 17.8 Å². The highest BCUT2D eigenvalue weighted by Gasteiger charge is 2.28. The van der Waals surface area contributed by atoms with E-state index in [1.165, 1.54) is 22.3 Å². The summed E-state index contributed by atoms with van der Waals surface area (Å²) < 4.78 is 5.87. The first kappa shape index (κ1) is 11.5. The van der Waals surface area contributed by atoms with Gasteiger partial charge in [-0.1, -0.05) is 48.5 Å². The van der Waals surface area contributed by atoms with Crippen LogP contribution in [0.2, 0.25) is 0 Å². The average molecular weight is 240 g/mol. The standard InChI is InChI=1S/C16H16O2/c1-11(17)10-18-16-14-8-4-2-6-12(14)13-7-3-5-9-15(13)16/h2-9,11,16-17H,10H2,1H3/t11-/m1/s1. The molecule has 92 valence electrons. The molecule has 2 nitrogen and oxygen atoms in total. The number of aliphatic hydroxyl groups is 1. The second-order valence-corrected chi connectivity index (χ2v) is 4.74. The zero-order valence-corrected chi connectivity index (χ0v) is 10.3. The molecule has 0 bridgehead atoms. The smallest absolute Gasteiger partial charge is 0.109 e. The van der Waals surface area contributed by atoms with Crippen LogP contribution in [0.5, 0.6) is 0 Å². The van der Waals surface area contributed by atoms with Gasteiger partial charge < -0.3 is 9.84 Å². The van der Waals surface area contributed by atoms with E-state index in [1.807, 2.05) is 24.3 Å². The molecule has 0 saturated heterocycles. The lowest BCUT2D eigenvalue weighted by atomic mass is 10.1. The van der Waals surface area contributed by atoms with Gasteiger partial charge in [0.25, 0.3) is 0 Å². The van der Waals surface area contributed by atoms with Gasteiger partial charge in [0.05, 0.1) is 12.7 Å². The SMILES string of the molecule is C[C@@H](O)COC1c2ccccc2-c2ccccc21. The highest BCUT2D eigenvalue weighted by molar-refractivity contribution is 5.77. The Hall–Kier alpha value is -1.64. The van der Waals surface area contributed by atoms with Crippen molar-refractivity contribution in [2.24, 2.45) is 0 Å². The number of aliphatic hydroxyl groups excluding tert-OH is 1. The zero-order valence-electron chi connectivity index (χ0n) is 10.3. The summed E-state index contributed by atoms with van der Waals surface area (Å²) in [7, 11) is 0. The molecule has 2 aromatic carbocycles. The van der Waals surface area contributed by atoms with Crippen molar-refractivity contribution in [1.82, 2.24) is 0 Å². The summed E-state index contributed by atoms with van der Waals surface area (Å²) in [5.41, 5.74) is 4.87. The van der Waals surface area contributed by atoms with Crippen LogP contribution in [0, 0.1) is 0 Å². The largest absolute Gasteiger partial charge is 0.391 e. The van der Waals surface area contributed by atoms with Crippen LogP contribution in [0.25, 0.3) is 11.1 Å². The predicted octanol–water partition coefficient (Wildman–Crippen LogP) is 3.15. The van der Waals surface area contributed by atoms with Gasteiger partial charge in [-0.05, 0) is 29.2 Å². The van der Waals surface area contributed by atoms with Gasteiger partial charge in [-0.15, -0.1) is 0 Å². The van der Waals surface area contributed by atoms with Crippen molar-refractivity contribution >= 4 is 0 Å². The topological polar surface area (TPSA) is 29.5 Å². The van der Waals surface area contributed by atoms with Crippen molar-refractivity contribution in [2.45, 2.75) is 19.1 Å². The molecular weight excluding hydrogens is 224 g/mol. The molecule has 0 unspecified atom stereocenters. The van der Waals surface area contributed by atoms with Crippen molar-refractivity contribution in [3.63, 3.8) is 0 Å². The summed E-state index contributed by atoms with van der Waals surface area (Å²) in [6.45, 7) is 2.10. The van der Waals surface area contributed by atoms with E-state index in [0.29, 0.717) is 6.61 Å². The van der Waals surface area contributed by atoms with Crippen molar-refractivity contribution < 1.29 is 9.84 Å². The lowest BCUT2D eigenvalue weighted by Crippen LogP contribution is -2.13. The van der Waals surface area contributed by atoms with Crippen LogP contribution >= 0.6 is 0 Å². The summed E-state index contributed by atoms with van der Waals surface area (Å²) in [6.07, 6.45) is -0.489. The first-order valence-corrected chi connectivity index (χ1v) is 6.25. The molecule has 0 amide bonds. The van der Waals surface area contributed by atoms with Gasteiger partial charge in [0.2, 0.25) is 0 Å². The Labute approximate surface area is 107 Å². The molecule has 1 aliphatic rings. The van der Waals surface area contributed by atoms with E-state index in [-0.39, 0.29) is 6.10 Å². The summed E-state index contributed by atoms with van der Waals surface area (Å²) in [5.74, 6) is 0. The minimum atomic E-state index is -0.440. The maximum atomic E-state index is 9.38. The Morgan fingerprint density at radius 2 is 1.50 bits per heavy atom. The minimum absolute atomic E-state index is 0.0491. The number of fused-ring (bicyclic) bond motifs is 3. The van der Waals surface area contributed by atoms with Gasteiger partial charge in [-0.25, -0.2) is 0 Å². The molecule has 2 aromatic rings. The molecule has 1 atom stereocenters. The van der Waals surface area contributed by atoms with Gasteiger partial charge in [-0.2, -0.15) is 0 Å². The summed E-state index contributed by atoms with van der Waals surface area (Å²) >= 11 is 0. The number of benzene rings is 2. The van der Waals surface area contributed by atoms with E-state index in [0.717, 1.165) is 0 Å². The molecule has 2 heteroatoms. The van der Waals surface area contributed by atoms with E-state index >= 15 is 0 Å². The molecule has 0 radical (unpaired) electrons. The number of hydrogen-bond donors (Lipinski definition) is 1. The molecule has 0 aliphatic heterocycles. The number of rotatable bonds is 3. The molecule has 0 aromatic heterocycles. The first-order valence-electron chi connectivity index (χ1n) is 6.25. The monoisotopic (exact) mass is 240 g/mol. The fourth-order valence-corrected chi connectivity index (χ4v) is 2.52. The Morgan fingerprint density at radius 3 is 2.00 bits per heavy atom. The lowest BCUT2D eigenvalue weighted by molar-refractivity contribution is 0.0154. The van der Waals surface area contributed by atoms with Crippen LogP contribution in [0.1, 0.15) is 24.2 Å². The molecule has 1 N–H and O–H groups in total. The molecular formula is C16H16O2. The maximum Gasteiger partial charge on any atom is 0.109 e. The highest BCUT2D eigenvalue weighted by Crippen LogP contribution is 2.44. The molecule has 1 aliphatic carbocycles. The normalized spacial score (nSPS) is 15.2. The Morgan fingerprint density at radius 1 is 1.00 bits per heavy atom. The fourth-order valence-electron chi connectivity index (χ4n) is 2.52. The Bertz CT molecular complexity index is 515. The van der Waals surface area contributed by atoms with Crippen LogP contribution in [0.15, 0.2) is 48.5 Å². The third-order valence-corrected chi connectivity index (χ3v) is 3.28. The lowest BCUT2D eigenvalue weighted by Gasteiger charge is -2.16. The fraction of sp³-hybridized carbons (Fsp3) is 0.250. The molecule has 0 saturated carbocycles. The van der Waals surface area contributed by atoms with Crippen molar-refractivity contribution in [1.29, 1.82) is 0 Å². The molecule has 3 rings (SSSR count). The maximum absolute atomic E-state index is 9.38. The van der Waals surface area contributed by atoms with Crippen molar-refractivity contribution in [3.05, 3.63) is 59.7 Å². The van der Waals surface area contributed by atoms with E-state index in [4.69, 9.17) is 4.74 Å². The van der Waals surface area contributed by atoms with Gasteiger partial charge in [0.1, 0.15) is 6.10 Å². The zero-order chi connectivity index (χ0) is 12.5. The third kappa shape index (κ3) is 1.84. The molecule has 0 fully saturated rings. The predicted molar refractivity (Wildman–Crippen MR) is 71.4 cm³/mol. The quantitative estimate of drug-likeness (QED) is 0.893. The molecule has 0 heterocycles. The van der Waals surface area contributed by atoms with E-state index in [1.54, 1.807) is 6.92 Å². The minimum Gasteiger partial charge on any atom is -0.391 e. The van der Waals surface area contributed by atoms with Crippen LogP contribution in [-0.2, 0) is 4.74 Å². The molecule has 18 heavy (non-hydrogen) atoms. The van der Waals surface area contributed by atoms with Gasteiger partial charge in [0, 0.05) is 0 Å². The average Bonchev–Trinajstić information content (AvgIpc) is 2.71. The van der Waals surface area contributed by atoms with Crippen molar-refractivity contribution in [2.75, 3.05) is 6.61 Å². The van der Waals surface area contributed by atoms with Crippen molar-refractivity contribution in [3.8, 4) is 11.1 Å². The second-order valence-electron chi connectivity index (χ2n) is 4.74. The highest BCUT2D eigenvalue weighted by atomic mass is 16.5. The molecule has 0 spiro atoms. The van der Waals surface area contributed by atoms with Gasteiger partial charge >= 0.3 is 0 Å². The number of hydrogen-bond acceptors (Lipinski definition) is 2. The van der Waals surface area contributed by atoms with Gasteiger partial charge in [-0.3, -0.25) is 0 Å². The van der Waals surface area contributed by atoms with E-state index in [2.05, 4.69) is 24.3 Å². The Balaban J connectivity index is 2.03. The third-order valence-electron chi connectivity index (χ3n) is 3.28. The van der Waals surface area contributed by atoms with E-state index < -0.39 is 6.10 Å². The summed E-state index contributed by atoms with van der Waals surface area (Å²) in [6, 6.07) is 16.6. The first-order chi connectivity index (χ1) is 8.77. The van der Waals surface area contributed by atoms with E-state index in [9.17, 15) is 5.11 Å².